The standard InChI is InChI=1S/C29H31N7O3/c1-29(18-30)19-39-17-22-3-2-20(13-25(22)29)27(37)33-15-24-12-23-16-36(7-5-21(23)14-32-24)26-4-6-31-28(34-26)35-8-10-38-11-9-35/h2-4,6,12-14H,5,7-11,15-17,19H2,1H3,(H,33,37)/t29-/m1/s1. The Bertz CT molecular complexity index is 1430. The maximum absolute atomic E-state index is 13.0. The number of benzene rings is 1. The number of hydrogen-bond acceptors (Lipinski definition) is 9. The van der Waals surface area contributed by atoms with Gasteiger partial charge in [0.1, 0.15) is 11.2 Å². The quantitative estimate of drug-likeness (QED) is 0.536. The van der Waals surface area contributed by atoms with Gasteiger partial charge in [-0.25, -0.2) is 4.98 Å². The highest BCUT2D eigenvalue weighted by Crippen LogP contribution is 2.32. The highest BCUT2D eigenvalue weighted by Gasteiger charge is 2.33. The molecule has 1 aromatic carbocycles. The lowest BCUT2D eigenvalue weighted by atomic mass is 9.79. The van der Waals surface area contributed by atoms with E-state index in [1.54, 1.807) is 6.07 Å². The molecule has 1 atom stereocenters. The molecule has 3 aromatic rings. The van der Waals surface area contributed by atoms with Gasteiger partial charge in [0.2, 0.25) is 5.95 Å². The molecule has 3 aliphatic rings. The van der Waals surface area contributed by atoms with Gasteiger partial charge in [-0.3, -0.25) is 9.78 Å². The van der Waals surface area contributed by atoms with Crippen LogP contribution in [0.2, 0.25) is 0 Å². The van der Waals surface area contributed by atoms with E-state index in [4.69, 9.17) is 14.5 Å². The Hall–Kier alpha value is -4.07. The molecule has 1 saturated heterocycles. The number of fused-ring (bicyclic) bond motifs is 2. The predicted molar refractivity (Wildman–Crippen MR) is 144 cm³/mol. The van der Waals surface area contributed by atoms with E-state index in [0.717, 1.165) is 61.2 Å². The van der Waals surface area contributed by atoms with Crippen LogP contribution in [-0.2, 0) is 41.0 Å². The largest absolute Gasteiger partial charge is 0.378 e. The van der Waals surface area contributed by atoms with Crippen molar-refractivity contribution in [1.82, 2.24) is 20.3 Å². The van der Waals surface area contributed by atoms with Crippen LogP contribution >= 0.6 is 0 Å². The van der Waals surface area contributed by atoms with E-state index >= 15 is 0 Å². The van der Waals surface area contributed by atoms with Gasteiger partial charge in [0.05, 0.1) is 44.7 Å². The molecule has 0 saturated carbocycles. The molecule has 3 aliphatic heterocycles. The minimum atomic E-state index is -0.761. The van der Waals surface area contributed by atoms with Gasteiger partial charge in [0.25, 0.3) is 5.91 Å². The summed E-state index contributed by atoms with van der Waals surface area (Å²) < 4.78 is 11.0. The van der Waals surface area contributed by atoms with Gasteiger partial charge in [-0.05, 0) is 59.9 Å². The van der Waals surface area contributed by atoms with E-state index < -0.39 is 5.41 Å². The third-order valence-corrected chi connectivity index (χ3v) is 7.69. The molecule has 0 unspecified atom stereocenters. The van der Waals surface area contributed by atoms with Crippen LogP contribution in [0, 0.1) is 11.3 Å². The second kappa shape index (κ2) is 10.6. The maximum atomic E-state index is 13.0. The van der Waals surface area contributed by atoms with E-state index in [9.17, 15) is 10.1 Å². The summed E-state index contributed by atoms with van der Waals surface area (Å²) in [4.78, 5) is 31.3. The zero-order chi connectivity index (χ0) is 26.8. The number of aromatic nitrogens is 3. The fraction of sp³-hybridized carbons (Fsp3) is 0.414. The molecule has 5 heterocycles. The van der Waals surface area contributed by atoms with Crippen molar-refractivity contribution >= 4 is 17.7 Å². The number of carbonyl (C=O) groups is 1. The third kappa shape index (κ3) is 5.15. The van der Waals surface area contributed by atoms with Crippen molar-refractivity contribution in [3.05, 3.63) is 76.2 Å². The van der Waals surface area contributed by atoms with E-state index in [1.165, 1.54) is 11.1 Å². The minimum absolute atomic E-state index is 0.192. The van der Waals surface area contributed by atoms with Gasteiger partial charge < -0.3 is 24.6 Å². The number of nitrogens with zero attached hydrogens (tertiary/aromatic N) is 6. The second-order valence-electron chi connectivity index (χ2n) is 10.4. The van der Waals surface area contributed by atoms with Crippen LogP contribution in [0.5, 0.6) is 0 Å². The summed E-state index contributed by atoms with van der Waals surface area (Å²) in [7, 11) is 0. The molecule has 0 aliphatic carbocycles. The fourth-order valence-electron chi connectivity index (χ4n) is 5.38. The summed E-state index contributed by atoms with van der Waals surface area (Å²) >= 11 is 0. The van der Waals surface area contributed by atoms with Crippen LogP contribution in [0.25, 0.3) is 0 Å². The predicted octanol–water partition coefficient (Wildman–Crippen LogP) is 2.51. The number of pyridine rings is 1. The molecule has 39 heavy (non-hydrogen) atoms. The van der Waals surface area contributed by atoms with Crippen molar-refractivity contribution in [2.24, 2.45) is 0 Å². The lowest BCUT2D eigenvalue weighted by Crippen LogP contribution is -2.38. The van der Waals surface area contributed by atoms with E-state index in [1.807, 2.05) is 37.5 Å². The Morgan fingerprint density at radius 3 is 2.79 bits per heavy atom. The molecule has 6 rings (SSSR count). The molecule has 0 radical (unpaired) electrons. The van der Waals surface area contributed by atoms with Crippen molar-refractivity contribution in [3.63, 3.8) is 0 Å². The molecule has 10 nitrogen and oxygen atoms in total. The molecule has 0 bridgehead atoms. The lowest BCUT2D eigenvalue weighted by Gasteiger charge is -2.31. The number of anilines is 2. The van der Waals surface area contributed by atoms with Crippen molar-refractivity contribution < 1.29 is 14.3 Å². The first-order chi connectivity index (χ1) is 19.0. The van der Waals surface area contributed by atoms with E-state index in [2.05, 4.69) is 37.2 Å². The number of rotatable bonds is 5. The average Bonchev–Trinajstić information content (AvgIpc) is 3.00. The molecule has 1 N–H and O–H groups in total. The van der Waals surface area contributed by atoms with Crippen LogP contribution < -0.4 is 15.1 Å². The Morgan fingerprint density at radius 1 is 1.08 bits per heavy atom. The lowest BCUT2D eigenvalue weighted by molar-refractivity contribution is 0.0757. The number of amides is 1. The van der Waals surface area contributed by atoms with E-state index in [0.29, 0.717) is 38.5 Å². The van der Waals surface area contributed by atoms with Crippen molar-refractivity contribution in [3.8, 4) is 6.07 Å². The fourth-order valence-corrected chi connectivity index (χ4v) is 5.38. The first-order valence-corrected chi connectivity index (χ1v) is 13.3. The molecule has 1 amide bonds. The first kappa shape index (κ1) is 25.2. The highest BCUT2D eigenvalue weighted by atomic mass is 16.5. The number of nitriles is 1. The van der Waals surface area contributed by atoms with Crippen molar-refractivity contribution in [2.75, 3.05) is 49.3 Å². The van der Waals surface area contributed by atoms with Gasteiger partial charge in [0.15, 0.2) is 0 Å². The van der Waals surface area contributed by atoms with Crippen molar-refractivity contribution in [2.45, 2.75) is 38.5 Å². The number of carbonyl (C=O) groups excluding carboxylic acids is 1. The summed E-state index contributed by atoms with van der Waals surface area (Å²) in [5.41, 5.74) is 4.78. The van der Waals surface area contributed by atoms with Gasteiger partial charge in [-0.2, -0.15) is 10.2 Å². The van der Waals surface area contributed by atoms with Gasteiger partial charge in [-0.15, -0.1) is 0 Å². The topological polar surface area (TPSA) is 116 Å². The number of morpholine rings is 1. The van der Waals surface area contributed by atoms with Gasteiger partial charge >= 0.3 is 0 Å². The summed E-state index contributed by atoms with van der Waals surface area (Å²) in [6, 6.07) is 11.8. The molecule has 2 aromatic heterocycles. The van der Waals surface area contributed by atoms with Crippen molar-refractivity contribution in [1.29, 1.82) is 5.26 Å². The van der Waals surface area contributed by atoms with Crippen LogP contribution in [0.15, 0.2) is 42.7 Å². The molecule has 0 spiro atoms. The smallest absolute Gasteiger partial charge is 0.251 e. The Labute approximate surface area is 227 Å². The number of hydrogen-bond donors (Lipinski definition) is 1. The molecule has 1 fully saturated rings. The molecular formula is C29H31N7O3. The summed E-state index contributed by atoms with van der Waals surface area (Å²) in [6.07, 6.45) is 4.62. The van der Waals surface area contributed by atoms with Crippen LogP contribution in [0.3, 0.4) is 0 Å². The summed E-state index contributed by atoms with van der Waals surface area (Å²) in [5.74, 6) is 1.46. The van der Waals surface area contributed by atoms with Gasteiger partial charge in [0, 0.05) is 44.1 Å². The van der Waals surface area contributed by atoms with Crippen LogP contribution in [-0.4, -0.2) is 60.3 Å². The zero-order valence-corrected chi connectivity index (χ0v) is 22.0. The average molecular weight is 526 g/mol. The second-order valence-corrected chi connectivity index (χ2v) is 10.4. The van der Waals surface area contributed by atoms with Gasteiger partial charge in [-0.1, -0.05) is 6.07 Å². The maximum Gasteiger partial charge on any atom is 0.251 e. The monoisotopic (exact) mass is 525 g/mol. The molecular weight excluding hydrogens is 494 g/mol. The Morgan fingerprint density at radius 2 is 1.95 bits per heavy atom. The van der Waals surface area contributed by atoms with Crippen LogP contribution in [0.4, 0.5) is 11.8 Å². The molecule has 10 heteroatoms. The van der Waals surface area contributed by atoms with Crippen LogP contribution in [0.1, 0.15) is 45.2 Å². The summed E-state index contributed by atoms with van der Waals surface area (Å²) in [6.45, 7) is 7.49. The number of ether oxygens (including phenoxy) is 2. The SMILES string of the molecule is C[C@@]1(C#N)COCc2ccc(C(=O)NCc3cc4c(cn3)CCN(c3ccnc(N5CCOCC5)n3)C4)cc21. The summed E-state index contributed by atoms with van der Waals surface area (Å²) in [5, 5.41) is 12.7. The Kier molecular flexibility index (Phi) is 6.85. The van der Waals surface area contributed by atoms with E-state index in [-0.39, 0.29) is 5.91 Å². The minimum Gasteiger partial charge on any atom is -0.378 e. The molecule has 200 valence electrons. The zero-order valence-electron chi connectivity index (χ0n) is 22.0. The normalized spacial score (nSPS) is 20.5. The number of nitrogens with one attached hydrogen (secondary N) is 1. The Balaban J connectivity index is 1.13. The highest BCUT2D eigenvalue weighted by molar-refractivity contribution is 5.94. The third-order valence-electron chi connectivity index (χ3n) is 7.69. The first-order valence-electron chi connectivity index (χ1n) is 13.3.